The number of nitrogens with zero attached hydrogens (tertiary/aromatic N) is 3. The first kappa shape index (κ1) is 22.8. The number of benzene rings is 1. The summed E-state index contributed by atoms with van der Waals surface area (Å²) in [5, 5.41) is 3.34. The summed E-state index contributed by atoms with van der Waals surface area (Å²) in [4.78, 5) is 50.4. The van der Waals surface area contributed by atoms with Crippen LogP contribution >= 0.6 is 11.8 Å². The van der Waals surface area contributed by atoms with Gasteiger partial charge in [-0.3, -0.25) is 19.1 Å². The molecule has 178 valence electrons. The van der Waals surface area contributed by atoms with Gasteiger partial charge in [-0.05, 0) is 56.6 Å². The molecule has 1 aromatic carbocycles. The summed E-state index contributed by atoms with van der Waals surface area (Å²) in [7, 11) is 0. The van der Waals surface area contributed by atoms with E-state index in [1.807, 2.05) is 32.0 Å². The monoisotopic (exact) mass is 479 g/mol. The summed E-state index contributed by atoms with van der Waals surface area (Å²) in [6.45, 7) is 7.99. The van der Waals surface area contributed by atoms with E-state index in [-0.39, 0.29) is 23.8 Å². The molecule has 34 heavy (non-hydrogen) atoms. The van der Waals surface area contributed by atoms with Gasteiger partial charge >= 0.3 is 5.69 Å². The molecule has 5 rings (SSSR count). The predicted molar refractivity (Wildman–Crippen MR) is 134 cm³/mol. The van der Waals surface area contributed by atoms with E-state index in [2.05, 4.69) is 29.1 Å². The van der Waals surface area contributed by atoms with E-state index in [0.29, 0.717) is 21.9 Å². The number of hydrogen-bond acceptors (Lipinski definition) is 6. The van der Waals surface area contributed by atoms with Crippen molar-refractivity contribution in [2.45, 2.75) is 81.5 Å². The quantitative estimate of drug-likeness (QED) is 0.387. The lowest BCUT2D eigenvalue weighted by atomic mass is 9.98. The smallest absolute Gasteiger partial charge is 0.325 e. The zero-order valence-corrected chi connectivity index (χ0v) is 20.7. The molecule has 1 atom stereocenters. The van der Waals surface area contributed by atoms with Gasteiger partial charge in [0.15, 0.2) is 5.65 Å². The number of anilines is 1. The fourth-order valence-electron chi connectivity index (χ4n) is 4.20. The number of aryl methyl sites for hydroxylation is 1. The Bertz CT molecular complexity index is 1400. The second kappa shape index (κ2) is 8.69. The van der Waals surface area contributed by atoms with Gasteiger partial charge in [-0.25, -0.2) is 14.8 Å². The van der Waals surface area contributed by atoms with E-state index >= 15 is 0 Å². The number of H-pyrrole nitrogens is 1. The van der Waals surface area contributed by atoms with Crippen molar-refractivity contribution in [3.05, 3.63) is 56.0 Å². The number of hydrogen-bond donors (Lipinski definition) is 2. The molecule has 2 fully saturated rings. The molecule has 3 aromatic rings. The van der Waals surface area contributed by atoms with Gasteiger partial charge in [-0.2, -0.15) is 0 Å². The maximum absolute atomic E-state index is 13.2. The third-order valence-corrected chi connectivity index (χ3v) is 7.54. The van der Waals surface area contributed by atoms with Gasteiger partial charge in [0, 0.05) is 17.6 Å². The fraction of sp³-hybridized carbons (Fsp3) is 0.480. The maximum atomic E-state index is 13.2. The van der Waals surface area contributed by atoms with Crippen LogP contribution in [0.1, 0.15) is 81.3 Å². The molecule has 0 saturated heterocycles. The SMILES string of the molecule is Cc1cccc(C(C)C)c1NC(=O)C(C)Sc1nc(C2CC2)nc2c1c(=O)[nH]c(=O)n2C1CC1. The van der Waals surface area contributed by atoms with Crippen molar-refractivity contribution in [1.82, 2.24) is 19.5 Å². The number of nitrogens with one attached hydrogen (secondary N) is 2. The molecule has 0 spiro atoms. The largest absolute Gasteiger partial charge is 0.330 e. The van der Waals surface area contributed by atoms with Crippen LogP contribution in [0.2, 0.25) is 0 Å². The van der Waals surface area contributed by atoms with Crippen molar-refractivity contribution in [2.75, 3.05) is 5.32 Å². The third-order valence-electron chi connectivity index (χ3n) is 6.46. The van der Waals surface area contributed by atoms with E-state index in [1.54, 1.807) is 4.57 Å². The van der Waals surface area contributed by atoms with Crippen molar-refractivity contribution in [1.29, 1.82) is 0 Å². The minimum Gasteiger partial charge on any atom is -0.325 e. The summed E-state index contributed by atoms with van der Waals surface area (Å²) in [5.74, 6) is 1.01. The zero-order valence-electron chi connectivity index (χ0n) is 19.8. The van der Waals surface area contributed by atoms with Crippen LogP contribution in [0.25, 0.3) is 11.0 Å². The highest BCUT2D eigenvalue weighted by atomic mass is 32.2. The molecule has 9 heteroatoms. The summed E-state index contributed by atoms with van der Waals surface area (Å²) in [6.07, 6.45) is 3.76. The van der Waals surface area contributed by atoms with Crippen LogP contribution in [0.5, 0.6) is 0 Å². The normalized spacial score (nSPS) is 16.7. The minimum atomic E-state index is -0.509. The average Bonchev–Trinajstić information content (AvgIpc) is 3.67. The standard InChI is InChI=1S/C25H29N5O3S/c1-12(2)17-7-5-6-13(3)19(17)26-22(31)14(4)34-24-18-21(27-20(28-24)15-8-9-15)30(16-10-11-16)25(33)29-23(18)32/h5-7,12,14-16H,8-11H2,1-4H3,(H,26,31)(H,29,32,33). The van der Waals surface area contributed by atoms with Crippen LogP contribution < -0.4 is 16.6 Å². The molecular formula is C25H29N5O3S. The molecule has 0 aliphatic heterocycles. The Hall–Kier alpha value is -2.94. The number of rotatable bonds is 7. The molecule has 0 radical (unpaired) electrons. The maximum Gasteiger partial charge on any atom is 0.330 e. The summed E-state index contributed by atoms with van der Waals surface area (Å²) in [6, 6.07) is 6.07. The summed E-state index contributed by atoms with van der Waals surface area (Å²) in [5.41, 5.74) is 2.38. The van der Waals surface area contributed by atoms with Gasteiger partial charge in [-0.15, -0.1) is 0 Å². The molecule has 1 unspecified atom stereocenters. The molecule has 2 aliphatic carbocycles. The van der Waals surface area contributed by atoms with Crippen molar-refractivity contribution in [2.24, 2.45) is 0 Å². The Labute approximate surface area is 201 Å². The van der Waals surface area contributed by atoms with Gasteiger partial charge in [0.1, 0.15) is 16.2 Å². The van der Waals surface area contributed by atoms with Crippen molar-refractivity contribution in [3.8, 4) is 0 Å². The first-order valence-corrected chi connectivity index (χ1v) is 12.8. The molecular weight excluding hydrogens is 450 g/mol. The van der Waals surface area contributed by atoms with Crippen molar-refractivity contribution in [3.63, 3.8) is 0 Å². The van der Waals surface area contributed by atoms with E-state index in [4.69, 9.17) is 4.98 Å². The first-order chi connectivity index (χ1) is 16.2. The van der Waals surface area contributed by atoms with E-state index in [9.17, 15) is 14.4 Å². The van der Waals surface area contributed by atoms with Crippen molar-refractivity contribution < 1.29 is 4.79 Å². The second-order valence-corrected chi connectivity index (χ2v) is 11.0. The van der Waals surface area contributed by atoms with Crippen LogP contribution in [0, 0.1) is 6.92 Å². The molecule has 2 heterocycles. The minimum absolute atomic E-state index is 0.0582. The fourth-order valence-corrected chi connectivity index (χ4v) is 5.15. The Morgan fingerprint density at radius 3 is 2.53 bits per heavy atom. The van der Waals surface area contributed by atoms with Crippen LogP contribution in [0.4, 0.5) is 5.69 Å². The van der Waals surface area contributed by atoms with Crippen LogP contribution in [-0.4, -0.2) is 30.7 Å². The van der Waals surface area contributed by atoms with Crippen LogP contribution in [-0.2, 0) is 4.79 Å². The van der Waals surface area contributed by atoms with E-state index in [0.717, 1.165) is 42.5 Å². The number of carbonyl (C=O) groups is 1. The van der Waals surface area contributed by atoms with Gasteiger partial charge < -0.3 is 5.32 Å². The van der Waals surface area contributed by atoms with Crippen LogP contribution in [0.15, 0.2) is 32.8 Å². The number of para-hydroxylation sites is 1. The molecule has 8 nitrogen and oxygen atoms in total. The third kappa shape index (κ3) is 4.29. The second-order valence-electron chi connectivity index (χ2n) is 9.66. The Balaban J connectivity index is 1.52. The zero-order chi connectivity index (χ0) is 24.1. The molecule has 2 aromatic heterocycles. The van der Waals surface area contributed by atoms with Crippen LogP contribution in [0.3, 0.4) is 0 Å². The first-order valence-electron chi connectivity index (χ1n) is 11.9. The Morgan fingerprint density at radius 2 is 1.88 bits per heavy atom. The number of amides is 1. The number of carbonyl (C=O) groups excluding carboxylic acids is 1. The highest BCUT2D eigenvalue weighted by Crippen LogP contribution is 2.41. The van der Waals surface area contributed by atoms with Gasteiger partial charge in [0.25, 0.3) is 5.56 Å². The lowest BCUT2D eigenvalue weighted by Crippen LogP contribution is -2.31. The number of aromatic amines is 1. The molecule has 0 bridgehead atoms. The molecule has 1 amide bonds. The molecule has 2 aliphatic rings. The van der Waals surface area contributed by atoms with Crippen molar-refractivity contribution >= 4 is 34.4 Å². The Morgan fingerprint density at radius 1 is 1.15 bits per heavy atom. The van der Waals surface area contributed by atoms with E-state index in [1.165, 1.54) is 11.8 Å². The predicted octanol–water partition coefficient (Wildman–Crippen LogP) is 4.24. The average molecular weight is 480 g/mol. The highest BCUT2D eigenvalue weighted by Gasteiger charge is 2.33. The van der Waals surface area contributed by atoms with E-state index < -0.39 is 16.5 Å². The lowest BCUT2D eigenvalue weighted by Gasteiger charge is -2.19. The molecule has 2 saturated carbocycles. The lowest BCUT2D eigenvalue weighted by molar-refractivity contribution is -0.115. The van der Waals surface area contributed by atoms with Gasteiger partial charge in [0.05, 0.1) is 5.25 Å². The number of thioether (sulfide) groups is 1. The topological polar surface area (TPSA) is 110 Å². The van der Waals surface area contributed by atoms with Gasteiger partial charge in [0.2, 0.25) is 5.91 Å². The number of aromatic nitrogens is 4. The Kier molecular flexibility index (Phi) is 5.83. The van der Waals surface area contributed by atoms with Gasteiger partial charge in [-0.1, -0.05) is 43.8 Å². The summed E-state index contributed by atoms with van der Waals surface area (Å²) >= 11 is 1.24. The highest BCUT2D eigenvalue weighted by molar-refractivity contribution is 8.00. The molecule has 2 N–H and O–H groups in total. The summed E-state index contributed by atoms with van der Waals surface area (Å²) < 4.78 is 1.60. The number of fused-ring (bicyclic) bond motifs is 1.